The van der Waals surface area contributed by atoms with Crippen LogP contribution >= 0.6 is 0 Å². The van der Waals surface area contributed by atoms with E-state index in [2.05, 4.69) is 20.9 Å². The van der Waals surface area contributed by atoms with E-state index in [1.807, 2.05) is 42.5 Å². The van der Waals surface area contributed by atoms with Gasteiger partial charge in [-0.25, -0.2) is 14.6 Å². The Morgan fingerprint density at radius 3 is 2.47 bits per heavy atom. The van der Waals surface area contributed by atoms with E-state index in [4.69, 9.17) is 9.47 Å². The molecule has 3 aromatic rings. The maximum absolute atomic E-state index is 13.0. The standard InChI is InChI=1S/C32H38N6O7/c1-37(2)27-13-7-6-12-25(27)30(40)36-26(31(41)42)18-35-29(39)21-44-24-16-23(17-34-28-14-8-9-15-33-28)38(19-24)32(43)45-20-22-10-4-3-5-11-22/h3-15,23-24,26H,16-21H2,1-2H3,(H,33,34)(H,35,39)(H,36,40)(H,41,42). The molecule has 1 aromatic heterocycles. The highest BCUT2D eigenvalue weighted by molar-refractivity contribution is 6.01. The van der Waals surface area contributed by atoms with Crippen LogP contribution in [0.15, 0.2) is 79.0 Å². The second-order valence-electron chi connectivity index (χ2n) is 10.7. The Morgan fingerprint density at radius 1 is 1.02 bits per heavy atom. The number of amides is 3. The monoisotopic (exact) mass is 618 g/mol. The normalized spacial score (nSPS) is 16.4. The fourth-order valence-corrected chi connectivity index (χ4v) is 4.86. The SMILES string of the molecule is CN(C)c1ccccc1C(=O)NC(CNC(=O)COC1CC(CNc2ccccn2)N(C(=O)OCc2ccccc2)C1)C(=O)O. The number of carboxylic acid groups (broad SMARTS) is 1. The summed E-state index contributed by atoms with van der Waals surface area (Å²) in [6.07, 6.45) is 1.13. The number of aromatic nitrogens is 1. The number of carbonyl (C=O) groups excluding carboxylic acids is 3. The van der Waals surface area contributed by atoms with Crippen molar-refractivity contribution < 1.29 is 33.8 Å². The number of likely N-dealkylation sites (tertiary alicyclic amines) is 1. The molecule has 3 atom stereocenters. The molecule has 4 N–H and O–H groups in total. The lowest BCUT2D eigenvalue weighted by Crippen LogP contribution is -2.49. The van der Waals surface area contributed by atoms with E-state index >= 15 is 0 Å². The van der Waals surface area contributed by atoms with E-state index in [1.54, 1.807) is 60.4 Å². The number of hydrogen-bond acceptors (Lipinski definition) is 9. The number of nitrogens with one attached hydrogen (secondary N) is 3. The molecule has 0 saturated carbocycles. The number of benzene rings is 2. The zero-order chi connectivity index (χ0) is 32.2. The van der Waals surface area contributed by atoms with Crippen LogP contribution in [0.3, 0.4) is 0 Å². The molecule has 1 aliphatic heterocycles. The molecular weight excluding hydrogens is 580 g/mol. The van der Waals surface area contributed by atoms with Crippen molar-refractivity contribution in [2.75, 3.05) is 50.6 Å². The van der Waals surface area contributed by atoms with Gasteiger partial charge in [0, 0.05) is 39.1 Å². The molecule has 0 bridgehead atoms. The lowest BCUT2D eigenvalue weighted by Gasteiger charge is -2.24. The van der Waals surface area contributed by atoms with E-state index < -0.39 is 36.0 Å². The molecule has 45 heavy (non-hydrogen) atoms. The van der Waals surface area contributed by atoms with Gasteiger partial charge in [-0.2, -0.15) is 0 Å². The minimum Gasteiger partial charge on any atom is -0.480 e. The number of hydrogen-bond donors (Lipinski definition) is 4. The van der Waals surface area contributed by atoms with Crippen molar-refractivity contribution in [3.63, 3.8) is 0 Å². The van der Waals surface area contributed by atoms with Crippen molar-refractivity contribution >= 4 is 35.4 Å². The van der Waals surface area contributed by atoms with Gasteiger partial charge in [-0.1, -0.05) is 48.5 Å². The van der Waals surface area contributed by atoms with Crippen LogP contribution in [-0.4, -0.2) is 97.4 Å². The summed E-state index contributed by atoms with van der Waals surface area (Å²) < 4.78 is 11.4. The maximum Gasteiger partial charge on any atom is 0.410 e. The zero-order valence-corrected chi connectivity index (χ0v) is 25.2. The fourth-order valence-electron chi connectivity index (χ4n) is 4.86. The van der Waals surface area contributed by atoms with Gasteiger partial charge in [-0.3, -0.25) is 9.59 Å². The smallest absolute Gasteiger partial charge is 0.410 e. The maximum atomic E-state index is 13.0. The minimum atomic E-state index is -1.36. The van der Waals surface area contributed by atoms with Crippen LogP contribution in [0.4, 0.5) is 16.3 Å². The fraction of sp³-hybridized carbons (Fsp3) is 0.344. The number of aliphatic carboxylic acids is 1. The molecule has 1 saturated heterocycles. The van der Waals surface area contributed by atoms with Crippen molar-refractivity contribution in [2.24, 2.45) is 0 Å². The zero-order valence-electron chi connectivity index (χ0n) is 25.2. The Kier molecular flexibility index (Phi) is 11.7. The van der Waals surface area contributed by atoms with Gasteiger partial charge in [0.25, 0.3) is 5.91 Å². The van der Waals surface area contributed by atoms with Crippen LogP contribution in [0, 0.1) is 0 Å². The lowest BCUT2D eigenvalue weighted by molar-refractivity contribution is -0.139. The van der Waals surface area contributed by atoms with Crippen LogP contribution in [0.25, 0.3) is 0 Å². The van der Waals surface area contributed by atoms with Gasteiger partial charge in [0.05, 0.1) is 24.3 Å². The molecule has 4 rings (SSSR count). The van der Waals surface area contributed by atoms with E-state index in [-0.39, 0.29) is 32.3 Å². The van der Waals surface area contributed by atoms with Crippen LogP contribution < -0.4 is 20.9 Å². The molecule has 13 nitrogen and oxygen atoms in total. The predicted molar refractivity (Wildman–Crippen MR) is 167 cm³/mol. The summed E-state index contributed by atoms with van der Waals surface area (Å²) >= 11 is 0. The molecule has 1 fully saturated rings. The molecule has 0 spiro atoms. The third-order valence-corrected chi connectivity index (χ3v) is 7.19. The van der Waals surface area contributed by atoms with Gasteiger partial charge < -0.3 is 40.3 Å². The largest absolute Gasteiger partial charge is 0.480 e. The Bertz CT molecular complexity index is 1440. The number of para-hydroxylation sites is 1. The summed E-state index contributed by atoms with van der Waals surface area (Å²) in [4.78, 5) is 57.9. The van der Waals surface area contributed by atoms with Crippen molar-refractivity contribution in [2.45, 2.75) is 31.2 Å². The Morgan fingerprint density at radius 2 is 1.76 bits per heavy atom. The highest BCUT2D eigenvalue weighted by Crippen LogP contribution is 2.23. The van der Waals surface area contributed by atoms with E-state index in [0.29, 0.717) is 30.0 Å². The summed E-state index contributed by atoms with van der Waals surface area (Å²) in [5.41, 5.74) is 1.79. The topological polar surface area (TPSA) is 162 Å². The van der Waals surface area contributed by atoms with E-state index in [1.165, 1.54) is 0 Å². The first-order valence-electron chi connectivity index (χ1n) is 14.5. The van der Waals surface area contributed by atoms with Crippen LogP contribution in [-0.2, 0) is 25.7 Å². The van der Waals surface area contributed by atoms with E-state index in [9.17, 15) is 24.3 Å². The molecule has 1 aliphatic rings. The second kappa shape index (κ2) is 16.1. The van der Waals surface area contributed by atoms with Gasteiger partial charge in [-0.05, 0) is 36.2 Å². The highest BCUT2D eigenvalue weighted by Gasteiger charge is 2.37. The summed E-state index contributed by atoms with van der Waals surface area (Å²) in [6.45, 7) is 0.00976. The van der Waals surface area contributed by atoms with Crippen molar-refractivity contribution in [3.05, 3.63) is 90.1 Å². The second-order valence-corrected chi connectivity index (χ2v) is 10.7. The Balaban J connectivity index is 1.29. The van der Waals surface area contributed by atoms with Crippen LogP contribution in [0.2, 0.25) is 0 Å². The molecule has 2 aromatic carbocycles. The molecule has 3 unspecified atom stereocenters. The van der Waals surface area contributed by atoms with Crippen molar-refractivity contribution in [1.82, 2.24) is 20.5 Å². The van der Waals surface area contributed by atoms with Gasteiger partial charge in [0.2, 0.25) is 5.91 Å². The van der Waals surface area contributed by atoms with Gasteiger partial charge in [0.15, 0.2) is 0 Å². The summed E-state index contributed by atoms with van der Waals surface area (Å²) in [5, 5.41) is 17.9. The first-order chi connectivity index (χ1) is 21.7. The summed E-state index contributed by atoms with van der Waals surface area (Å²) in [5.74, 6) is -1.77. The Labute approximate surface area is 261 Å². The van der Waals surface area contributed by atoms with Gasteiger partial charge in [-0.15, -0.1) is 0 Å². The molecule has 3 amide bonds. The molecule has 0 radical (unpaired) electrons. The number of ether oxygens (including phenoxy) is 2. The van der Waals surface area contributed by atoms with E-state index in [0.717, 1.165) is 5.56 Å². The first kappa shape index (κ1) is 32.7. The highest BCUT2D eigenvalue weighted by atomic mass is 16.6. The average molecular weight is 619 g/mol. The number of carbonyl (C=O) groups is 4. The van der Waals surface area contributed by atoms with Crippen molar-refractivity contribution in [1.29, 1.82) is 0 Å². The number of pyridine rings is 1. The van der Waals surface area contributed by atoms with Crippen molar-refractivity contribution in [3.8, 4) is 0 Å². The van der Waals surface area contributed by atoms with Gasteiger partial charge in [0.1, 0.15) is 25.1 Å². The summed E-state index contributed by atoms with van der Waals surface area (Å²) in [7, 11) is 3.55. The minimum absolute atomic E-state index is 0.118. The molecule has 13 heteroatoms. The quantitative estimate of drug-likeness (QED) is 0.211. The molecule has 238 valence electrons. The lowest BCUT2D eigenvalue weighted by atomic mass is 10.1. The third-order valence-electron chi connectivity index (χ3n) is 7.19. The number of rotatable bonds is 14. The predicted octanol–water partition coefficient (Wildman–Crippen LogP) is 2.36. The Hall–Kier alpha value is -5.17. The van der Waals surface area contributed by atoms with Crippen LogP contribution in [0.1, 0.15) is 22.3 Å². The molecular formula is C32H38N6O7. The average Bonchev–Trinajstić information content (AvgIpc) is 3.47. The first-order valence-corrected chi connectivity index (χ1v) is 14.5. The van der Waals surface area contributed by atoms with Gasteiger partial charge >= 0.3 is 12.1 Å². The molecule has 2 heterocycles. The summed E-state index contributed by atoms with van der Waals surface area (Å²) in [6, 6.07) is 20.0. The number of carboxylic acids is 1. The number of anilines is 2. The molecule has 0 aliphatic carbocycles. The number of nitrogens with zero attached hydrogens (tertiary/aromatic N) is 3. The van der Waals surface area contributed by atoms with Crippen LogP contribution in [0.5, 0.6) is 0 Å². The third kappa shape index (κ3) is 9.66.